The van der Waals surface area contributed by atoms with Crippen molar-refractivity contribution >= 4 is 5.78 Å². The van der Waals surface area contributed by atoms with Crippen LogP contribution in [-0.4, -0.2) is 25.8 Å². The predicted molar refractivity (Wildman–Crippen MR) is 51.8 cm³/mol. The van der Waals surface area contributed by atoms with Crippen LogP contribution in [0.5, 0.6) is 0 Å². The quantitative estimate of drug-likeness (QED) is 0.634. The van der Waals surface area contributed by atoms with Crippen molar-refractivity contribution in [1.29, 1.82) is 0 Å². The van der Waals surface area contributed by atoms with E-state index < -0.39 is 5.79 Å². The Labute approximate surface area is 84.8 Å². The number of ketones is 1. The van der Waals surface area contributed by atoms with Crippen LogP contribution in [-0.2, 0) is 14.3 Å². The molecule has 0 aromatic carbocycles. The molecule has 2 saturated carbocycles. The molecule has 0 bridgehead atoms. The van der Waals surface area contributed by atoms with Crippen LogP contribution in [0, 0.1) is 11.3 Å². The number of hydrogen-bond donors (Lipinski definition) is 0. The summed E-state index contributed by atoms with van der Waals surface area (Å²) >= 11 is 0. The van der Waals surface area contributed by atoms with Crippen LogP contribution in [0.15, 0.2) is 0 Å². The van der Waals surface area contributed by atoms with E-state index in [-0.39, 0.29) is 11.3 Å². The number of methoxy groups -OCH3 is 2. The Balaban J connectivity index is 2.25. The molecule has 2 rings (SSSR count). The maximum Gasteiger partial charge on any atom is 0.174 e. The Hall–Kier alpha value is -0.410. The van der Waals surface area contributed by atoms with Crippen molar-refractivity contribution in [3.8, 4) is 0 Å². The van der Waals surface area contributed by atoms with Crippen molar-refractivity contribution in [2.24, 2.45) is 11.3 Å². The fourth-order valence-corrected chi connectivity index (χ4v) is 3.22. The normalized spacial score (nSPS) is 40.2. The molecule has 2 aliphatic carbocycles. The third-order valence-electron chi connectivity index (χ3n) is 4.28. The van der Waals surface area contributed by atoms with Gasteiger partial charge in [-0.3, -0.25) is 4.79 Å². The lowest BCUT2D eigenvalue weighted by Crippen LogP contribution is -2.67. The fraction of sp³-hybridized carbons (Fsp3) is 0.909. The molecule has 0 aromatic rings. The lowest BCUT2D eigenvalue weighted by Gasteiger charge is -2.61. The molecule has 0 radical (unpaired) electrons. The van der Waals surface area contributed by atoms with Gasteiger partial charge in [0.25, 0.3) is 0 Å². The van der Waals surface area contributed by atoms with Crippen molar-refractivity contribution in [1.82, 2.24) is 0 Å². The Morgan fingerprint density at radius 3 is 2.57 bits per heavy atom. The van der Waals surface area contributed by atoms with Gasteiger partial charge in [-0.2, -0.15) is 0 Å². The molecule has 0 amide bonds. The van der Waals surface area contributed by atoms with Crippen molar-refractivity contribution in [2.45, 2.75) is 38.4 Å². The van der Waals surface area contributed by atoms with Gasteiger partial charge in [0.1, 0.15) is 5.78 Å². The molecule has 14 heavy (non-hydrogen) atoms. The van der Waals surface area contributed by atoms with Crippen LogP contribution in [0.2, 0.25) is 0 Å². The zero-order valence-electron chi connectivity index (χ0n) is 9.13. The molecule has 80 valence electrons. The molecule has 3 nitrogen and oxygen atoms in total. The molecule has 2 fully saturated rings. The number of carbonyl (C=O) groups is 1. The number of rotatable bonds is 2. The van der Waals surface area contributed by atoms with Crippen molar-refractivity contribution < 1.29 is 14.3 Å². The van der Waals surface area contributed by atoms with Gasteiger partial charge in [0.05, 0.1) is 0 Å². The number of Topliss-reactive ketones (excluding diaryl/α,β-unsaturated/α-hetero) is 1. The van der Waals surface area contributed by atoms with E-state index >= 15 is 0 Å². The van der Waals surface area contributed by atoms with Gasteiger partial charge in [-0.05, 0) is 12.8 Å². The molecule has 0 saturated heterocycles. The molecular weight excluding hydrogens is 180 g/mol. The Kier molecular flexibility index (Phi) is 2.20. The third kappa shape index (κ3) is 0.971. The van der Waals surface area contributed by atoms with Crippen LogP contribution < -0.4 is 0 Å². The third-order valence-corrected chi connectivity index (χ3v) is 4.28. The van der Waals surface area contributed by atoms with Crippen LogP contribution in [0.4, 0.5) is 0 Å². The van der Waals surface area contributed by atoms with E-state index in [2.05, 4.69) is 6.92 Å². The highest BCUT2D eigenvalue weighted by molar-refractivity contribution is 5.84. The molecule has 0 heterocycles. The number of hydrogen-bond acceptors (Lipinski definition) is 3. The second kappa shape index (κ2) is 3.04. The first-order valence-electron chi connectivity index (χ1n) is 5.23. The average Bonchev–Trinajstić information content (AvgIpc) is 2.16. The van der Waals surface area contributed by atoms with E-state index in [1.807, 2.05) is 0 Å². The number of carbonyl (C=O) groups excluding carboxylic acids is 1. The highest BCUT2D eigenvalue weighted by Crippen LogP contribution is 2.61. The zero-order valence-corrected chi connectivity index (χ0v) is 9.13. The highest BCUT2D eigenvalue weighted by atomic mass is 16.7. The summed E-state index contributed by atoms with van der Waals surface area (Å²) in [6, 6.07) is 0. The smallest absolute Gasteiger partial charge is 0.174 e. The molecule has 0 spiro atoms. The summed E-state index contributed by atoms with van der Waals surface area (Å²) in [5.74, 6) is 0.0490. The van der Waals surface area contributed by atoms with Crippen molar-refractivity contribution in [2.75, 3.05) is 14.2 Å². The van der Waals surface area contributed by atoms with Gasteiger partial charge in [0.2, 0.25) is 0 Å². The van der Waals surface area contributed by atoms with Gasteiger partial charge in [0, 0.05) is 38.4 Å². The van der Waals surface area contributed by atoms with Gasteiger partial charge in [-0.25, -0.2) is 0 Å². The molecule has 3 heteroatoms. The predicted octanol–water partition coefficient (Wildman–Crippen LogP) is 1.75. The minimum Gasteiger partial charge on any atom is -0.353 e. The van der Waals surface area contributed by atoms with E-state index in [4.69, 9.17) is 9.47 Å². The number of fused-ring (bicyclic) bond motifs is 1. The Bertz CT molecular complexity index is 257. The monoisotopic (exact) mass is 198 g/mol. The second-order valence-corrected chi connectivity index (χ2v) is 4.66. The molecule has 2 aliphatic rings. The first-order chi connectivity index (χ1) is 6.59. The van der Waals surface area contributed by atoms with E-state index in [0.717, 1.165) is 25.7 Å². The summed E-state index contributed by atoms with van der Waals surface area (Å²) in [5, 5.41) is 0. The largest absolute Gasteiger partial charge is 0.353 e. The first-order valence-corrected chi connectivity index (χ1v) is 5.23. The van der Waals surface area contributed by atoms with Crippen molar-refractivity contribution in [3.63, 3.8) is 0 Å². The van der Waals surface area contributed by atoms with Crippen molar-refractivity contribution in [3.05, 3.63) is 0 Å². The molecule has 0 aromatic heterocycles. The standard InChI is InChI=1S/C11H18O3/c1-10-6-4-5-9(12)8(10)7-11(10,13-2)14-3/h8H,4-7H2,1-3H3. The summed E-state index contributed by atoms with van der Waals surface area (Å²) in [6.45, 7) is 2.12. The van der Waals surface area contributed by atoms with E-state index in [1.54, 1.807) is 14.2 Å². The molecule has 0 aliphatic heterocycles. The van der Waals surface area contributed by atoms with Crippen LogP contribution in [0.1, 0.15) is 32.6 Å². The topological polar surface area (TPSA) is 35.5 Å². The molecule has 2 unspecified atom stereocenters. The average molecular weight is 198 g/mol. The molecule has 2 atom stereocenters. The maximum atomic E-state index is 11.7. The first kappa shape index (κ1) is 10.1. The van der Waals surface area contributed by atoms with Gasteiger partial charge < -0.3 is 9.47 Å². The molecular formula is C11H18O3. The summed E-state index contributed by atoms with van der Waals surface area (Å²) in [4.78, 5) is 11.7. The highest BCUT2D eigenvalue weighted by Gasteiger charge is 2.67. The van der Waals surface area contributed by atoms with Crippen LogP contribution in [0.3, 0.4) is 0 Å². The van der Waals surface area contributed by atoms with Gasteiger partial charge in [-0.1, -0.05) is 6.92 Å². The summed E-state index contributed by atoms with van der Waals surface area (Å²) in [5.41, 5.74) is -0.0914. The van der Waals surface area contributed by atoms with Gasteiger partial charge in [-0.15, -0.1) is 0 Å². The minimum atomic E-state index is -0.506. The van der Waals surface area contributed by atoms with E-state index in [0.29, 0.717) is 5.78 Å². The van der Waals surface area contributed by atoms with Gasteiger partial charge >= 0.3 is 0 Å². The fourth-order valence-electron chi connectivity index (χ4n) is 3.22. The summed E-state index contributed by atoms with van der Waals surface area (Å²) in [6.07, 6.45) is 3.48. The maximum absolute atomic E-state index is 11.7. The van der Waals surface area contributed by atoms with Crippen LogP contribution >= 0.6 is 0 Å². The van der Waals surface area contributed by atoms with E-state index in [1.165, 1.54) is 0 Å². The SMILES string of the molecule is COC1(OC)CC2C(=O)CCCC21C. The summed E-state index contributed by atoms with van der Waals surface area (Å²) < 4.78 is 10.9. The second-order valence-electron chi connectivity index (χ2n) is 4.66. The number of ether oxygens (including phenoxy) is 2. The van der Waals surface area contributed by atoms with E-state index in [9.17, 15) is 4.79 Å². The lowest BCUT2D eigenvalue weighted by atomic mass is 9.50. The summed E-state index contributed by atoms with van der Waals surface area (Å²) in [7, 11) is 3.34. The Morgan fingerprint density at radius 1 is 1.36 bits per heavy atom. The van der Waals surface area contributed by atoms with Gasteiger partial charge in [0.15, 0.2) is 5.79 Å². The minimum absolute atomic E-state index is 0.0914. The zero-order chi connectivity index (χ0) is 10.4. The lowest BCUT2D eigenvalue weighted by molar-refractivity contribution is -0.350. The Morgan fingerprint density at radius 2 is 2.00 bits per heavy atom. The molecule has 0 N–H and O–H groups in total. The van der Waals surface area contributed by atoms with Crippen LogP contribution in [0.25, 0.3) is 0 Å².